The third kappa shape index (κ3) is 3.14. The van der Waals surface area contributed by atoms with Gasteiger partial charge in [-0.1, -0.05) is 0 Å². The van der Waals surface area contributed by atoms with Gasteiger partial charge < -0.3 is 10.5 Å². The van der Waals surface area contributed by atoms with E-state index in [4.69, 9.17) is 5.73 Å². The summed E-state index contributed by atoms with van der Waals surface area (Å²) in [6.45, 7) is 0. The minimum Gasteiger partial charge on any atom is -0.465 e. The van der Waals surface area contributed by atoms with Crippen LogP contribution >= 0.6 is 0 Å². The molecular weight excluding hydrogens is 240 g/mol. The van der Waals surface area contributed by atoms with Gasteiger partial charge in [-0.2, -0.15) is 0 Å². The molecule has 2 N–H and O–H groups in total. The molecule has 0 aliphatic carbocycles. The van der Waals surface area contributed by atoms with Crippen molar-refractivity contribution in [2.75, 3.05) is 7.11 Å². The predicted octanol–water partition coefficient (Wildman–Crippen LogP) is 0.636. The molecule has 7 nitrogen and oxygen atoms in total. The van der Waals surface area contributed by atoms with Gasteiger partial charge in [0.15, 0.2) is 0 Å². The van der Waals surface area contributed by atoms with Crippen molar-refractivity contribution in [3.8, 4) is 0 Å². The number of primary amides is 1. The zero-order valence-electron chi connectivity index (χ0n) is 9.45. The number of methoxy groups -OCH3 is 1. The fourth-order valence-electron chi connectivity index (χ4n) is 1.20. The number of ether oxygens (including phenoxy) is 1. The van der Waals surface area contributed by atoms with Crippen LogP contribution in [0.1, 0.15) is 5.56 Å². The van der Waals surface area contributed by atoms with Gasteiger partial charge >= 0.3 is 5.97 Å². The molecule has 0 aliphatic rings. The van der Waals surface area contributed by atoms with Crippen LogP contribution in [-0.2, 0) is 14.3 Å². The van der Waals surface area contributed by atoms with Gasteiger partial charge in [0.1, 0.15) is 5.57 Å². The third-order valence-electron chi connectivity index (χ3n) is 2.09. The fourth-order valence-corrected chi connectivity index (χ4v) is 1.20. The molecule has 0 bridgehead atoms. The van der Waals surface area contributed by atoms with Crippen LogP contribution in [0.15, 0.2) is 29.8 Å². The number of carbonyl (C=O) groups is 2. The summed E-state index contributed by atoms with van der Waals surface area (Å²) in [6, 6.07) is 5.29. The van der Waals surface area contributed by atoms with E-state index in [0.29, 0.717) is 5.56 Å². The van der Waals surface area contributed by atoms with E-state index in [9.17, 15) is 19.7 Å². The zero-order chi connectivity index (χ0) is 13.7. The van der Waals surface area contributed by atoms with Gasteiger partial charge in [0.25, 0.3) is 11.6 Å². The summed E-state index contributed by atoms with van der Waals surface area (Å²) in [6.07, 6.45) is 1.21. The molecule has 0 saturated carbocycles. The van der Waals surface area contributed by atoms with Crippen LogP contribution in [0.5, 0.6) is 0 Å². The first-order valence-corrected chi connectivity index (χ1v) is 4.80. The number of nitro benzene ring substituents is 1. The number of nitrogens with zero attached hydrogens (tertiary/aromatic N) is 1. The molecule has 1 aromatic carbocycles. The van der Waals surface area contributed by atoms with Gasteiger partial charge in [-0.3, -0.25) is 14.9 Å². The Morgan fingerprint density at radius 1 is 1.33 bits per heavy atom. The molecule has 18 heavy (non-hydrogen) atoms. The average Bonchev–Trinajstić information content (AvgIpc) is 2.35. The van der Waals surface area contributed by atoms with Crippen molar-refractivity contribution >= 4 is 23.6 Å². The highest BCUT2D eigenvalue weighted by atomic mass is 16.6. The number of benzene rings is 1. The molecule has 0 radical (unpaired) electrons. The molecule has 0 heterocycles. The van der Waals surface area contributed by atoms with Gasteiger partial charge in [0, 0.05) is 12.1 Å². The van der Waals surface area contributed by atoms with E-state index in [1.807, 2.05) is 0 Å². The van der Waals surface area contributed by atoms with Crippen molar-refractivity contribution in [2.24, 2.45) is 5.73 Å². The maximum absolute atomic E-state index is 11.2. The summed E-state index contributed by atoms with van der Waals surface area (Å²) in [4.78, 5) is 32.1. The summed E-state index contributed by atoms with van der Waals surface area (Å²) < 4.78 is 4.39. The lowest BCUT2D eigenvalue weighted by atomic mass is 10.1. The molecule has 0 fully saturated rings. The maximum atomic E-state index is 11.2. The van der Waals surface area contributed by atoms with Crippen molar-refractivity contribution in [3.05, 3.63) is 45.5 Å². The van der Waals surface area contributed by atoms with Crippen LogP contribution in [0.3, 0.4) is 0 Å². The number of esters is 1. The first-order valence-electron chi connectivity index (χ1n) is 4.80. The van der Waals surface area contributed by atoms with Crippen LogP contribution < -0.4 is 5.73 Å². The second-order valence-electron chi connectivity index (χ2n) is 3.26. The largest absolute Gasteiger partial charge is 0.465 e. The summed E-state index contributed by atoms with van der Waals surface area (Å²) in [5, 5.41) is 10.4. The summed E-state index contributed by atoms with van der Waals surface area (Å²) in [5.41, 5.74) is 5.03. The van der Waals surface area contributed by atoms with E-state index >= 15 is 0 Å². The topological polar surface area (TPSA) is 113 Å². The number of amides is 1. The number of nitro groups is 1. The molecule has 94 valence electrons. The number of hydrogen-bond acceptors (Lipinski definition) is 5. The van der Waals surface area contributed by atoms with Crippen LogP contribution in [0.4, 0.5) is 5.69 Å². The number of rotatable bonds is 4. The van der Waals surface area contributed by atoms with Gasteiger partial charge in [0.05, 0.1) is 12.0 Å². The lowest BCUT2D eigenvalue weighted by Gasteiger charge is -2.01. The van der Waals surface area contributed by atoms with Crippen molar-refractivity contribution in [2.45, 2.75) is 0 Å². The number of hydrogen-bond donors (Lipinski definition) is 1. The predicted molar refractivity (Wildman–Crippen MR) is 62.3 cm³/mol. The van der Waals surface area contributed by atoms with E-state index in [1.165, 1.54) is 30.3 Å². The molecule has 1 rings (SSSR count). The number of carbonyl (C=O) groups excluding carboxylic acids is 2. The van der Waals surface area contributed by atoms with E-state index in [-0.39, 0.29) is 11.3 Å². The normalized spacial score (nSPS) is 10.8. The molecule has 0 aliphatic heterocycles. The average molecular weight is 250 g/mol. The van der Waals surface area contributed by atoms with E-state index < -0.39 is 16.8 Å². The minimum atomic E-state index is -0.930. The third-order valence-corrected chi connectivity index (χ3v) is 2.09. The van der Waals surface area contributed by atoms with Crippen molar-refractivity contribution < 1.29 is 19.2 Å². The Balaban J connectivity index is 3.09. The molecule has 0 atom stereocenters. The Hall–Kier alpha value is -2.70. The monoisotopic (exact) mass is 250 g/mol. The fraction of sp³-hybridized carbons (Fsp3) is 0.0909. The quantitative estimate of drug-likeness (QED) is 0.210. The molecule has 0 aromatic heterocycles. The molecular formula is C11H10N2O5. The molecule has 1 aromatic rings. The Morgan fingerprint density at radius 3 is 2.28 bits per heavy atom. The second kappa shape index (κ2) is 5.58. The van der Waals surface area contributed by atoms with Gasteiger partial charge in [-0.05, 0) is 23.8 Å². The second-order valence-corrected chi connectivity index (χ2v) is 3.26. The summed E-state index contributed by atoms with van der Waals surface area (Å²) in [5.74, 6) is -1.79. The molecule has 7 heteroatoms. The van der Waals surface area contributed by atoms with E-state index in [2.05, 4.69) is 4.74 Å². The lowest BCUT2D eigenvalue weighted by molar-refractivity contribution is -0.384. The summed E-state index contributed by atoms with van der Waals surface area (Å²) >= 11 is 0. The van der Waals surface area contributed by atoms with Gasteiger partial charge in [-0.15, -0.1) is 0 Å². The van der Waals surface area contributed by atoms with Crippen molar-refractivity contribution in [1.29, 1.82) is 0 Å². The Labute approximate surface area is 102 Å². The standard InChI is InChI=1S/C11H10N2O5/c1-18-11(15)9(10(12)14)6-7-2-4-8(5-3-7)13(16)17/h2-6H,1H3,(H2,12,14)/b9-6-. The first kappa shape index (κ1) is 13.4. The number of nitrogens with two attached hydrogens (primary N) is 1. The Bertz CT molecular complexity index is 519. The van der Waals surface area contributed by atoms with Crippen LogP contribution in [0.25, 0.3) is 6.08 Å². The van der Waals surface area contributed by atoms with Crippen LogP contribution in [0, 0.1) is 10.1 Å². The van der Waals surface area contributed by atoms with Crippen LogP contribution in [-0.4, -0.2) is 23.9 Å². The lowest BCUT2D eigenvalue weighted by Crippen LogP contribution is -2.21. The molecule has 1 amide bonds. The van der Waals surface area contributed by atoms with Gasteiger partial charge in [-0.25, -0.2) is 4.79 Å². The highest BCUT2D eigenvalue weighted by Crippen LogP contribution is 2.14. The highest BCUT2D eigenvalue weighted by Gasteiger charge is 2.15. The smallest absolute Gasteiger partial charge is 0.343 e. The molecule has 0 spiro atoms. The molecule has 0 unspecified atom stereocenters. The SMILES string of the molecule is COC(=O)/C(=C\c1ccc([N+](=O)[O-])cc1)C(N)=O. The van der Waals surface area contributed by atoms with Gasteiger partial charge in [0.2, 0.25) is 0 Å². The van der Waals surface area contributed by atoms with E-state index in [0.717, 1.165) is 7.11 Å². The van der Waals surface area contributed by atoms with Crippen molar-refractivity contribution in [3.63, 3.8) is 0 Å². The summed E-state index contributed by atoms with van der Waals surface area (Å²) in [7, 11) is 1.12. The zero-order valence-corrected chi connectivity index (χ0v) is 9.45. The number of non-ortho nitro benzene ring substituents is 1. The Kier molecular flexibility index (Phi) is 4.14. The highest BCUT2D eigenvalue weighted by molar-refractivity contribution is 6.19. The minimum absolute atomic E-state index is 0.0918. The molecule has 0 saturated heterocycles. The Morgan fingerprint density at radius 2 is 1.89 bits per heavy atom. The maximum Gasteiger partial charge on any atom is 0.343 e. The first-order chi connectivity index (χ1) is 8.45. The van der Waals surface area contributed by atoms with Crippen molar-refractivity contribution in [1.82, 2.24) is 0 Å². The van der Waals surface area contributed by atoms with Crippen LogP contribution in [0.2, 0.25) is 0 Å². The van der Waals surface area contributed by atoms with E-state index in [1.54, 1.807) is 0 Å².